The van der Waals surface area contributed by atoms with E-state index in [-0.39, 0.29) is 5.91 Å². The molecule has 4 nitrogen and oxygen atoms in total. The molecule has 0 aliphatic carbocycles. The Morgan fingerprint density at radius 2 is 2.14 bits per heavy atom. The van der Waals surface area contributed by atoms with Crippen LogP contribution in [0, 0.1) is 13.8 Å². The van der Waals surface area contributed by atoms with Crippen molar-refractivity contribution in [2.45, 2.75) is 33.3 Å². The number of ether oxygens (including phenoxy) is 1. The van der Waals surface area contributed by atoms with Crippen molar-refractivity contribution in [1.82, 2.24) is 4.98 Å². The molecular formula is C17H19ClN2O2. The number of halogens is 1. The van der Waals surface area contributed by atoms with Crippen molar-refractivity contribution < 1.29 is 9.53 Å². The van der Waals surface area contributed by atoms with Crippen LogP contribution < -0.4 is 10.1 Å². The van der Waals surface area contributed by atoms with Crippen LogP contribution >= 0.6 is 11.6 Å². The van der Waals surface area contributed by atoms with Crippen molar-refractivity contribution in [2.75, 3.05) is 5.32 Å². The molecule has 0 spiro atoms. The first-order valence-electron chi connectivity index (χ1n) is 7.16. The summed E-state index contributed by atoms with van der Waals surface area (Å²) in [6, 6.07) is 9.20. The maximum atomic E-state index is 12.4. The smallest absolute Gasteiger partial charge is 0.266 e. The molecule has 0 bridgehead atoms. The molecule has 1 aromatic carbocycles. The van der Waals surface area contributed by atoms with Crippen LogP contribution in [0.3, 0.4) is 0 Å². The molecule has 1 aromatic heterocycles. The third kappa shape index (κ3) is 3.98. The molecule has 0 radical (unpaired) electrons. The largest absolute Gasteiger partial charge is 0.479 e. The normalized spacial score (nSPS) is 11.8. The van der Waals surface area contributed by atoms with E-state index >= 15 is 0 Å². The molecule has 0 aliphatic heterocycles. The molecule has 2 rings (SSSR count). The Morgan fingerprint density at radius 1 is 1.36 bits per heavy atom. The SMILES string of the molecule is CC[C@@H](Oc1cc(C)ccc1Cl)C(=O)Nc1ncccc1C. The fourth-order valence-electron chi connectivity index (χ4n) is 1.99. The Bertz CT molecular complexity index is 673. The number of aryl methyl sites for hydroxylation is 2. The lowest BCUT2D eigenvalue weighted by molar-refractivity contribution is -0.122. The van der Waals surface area contributed by atoms with Crippen LogP contribution in [0.1, 0.15) is 24.5 Å². The van der Waals surface area contributed by atoms with Crippen LogP contribution in [0.15, 0.2) is 36.5 Å². The van der Waals surface area contributed by atoms with Gasteiger partial charge in [0.1, 0.15) is 11.6 Å². The third-order valence-electron chi connectivity index (χ3n) is 3.27. The number of aromatic nitrogens is 1. The first-order chi connectivity index (χ1) is 10.5. The number of anilines is 1. The molecule has 1 heterocycles. The molecule has 116 valence electrons. The van der Waals surface area contributed by atoms with Crippen molar-refractivity contribution in [3.63, 3.8) is 0 Å². The van der Waals surface area contributed by atoms with Gasteiger partial charge in [0, 0.05) is 6.20 Å². The number of rotatable bonds is 5. The van der Waals surface area contributed by atoms with E-state index in [1.54, 1.807) is 12.3 Å². The van der Waals surface area contributed by atoms with E-state index in [1.807, 2.05) is 45.0 Å². The van der Waals surface area contributed by atoms with Crippen molar-refractivity contribution in [2.24, 2.45) is 0 Å². The molecule has 0 saturated heterocycles. The predicted molar refractivity (Wildman–Crippen MR) is 88.5 cm³/mol. The van der Waals surface area contributed by atoms with Crippen LogP contribution in [0.2, 0.25) is 5.02 Å². The number of hydrogen-bond acceptors (Lipinski definition) is 3. The zero-order chi connectivity index (χ0) is 16.1. The summed E-state index contributed by atoms with van der Waals surface area (Å²) in [6.07, 6.45) is 1.55. The monoisotopic (exact) mass is 318 g/mol. The highest BCUT2D eigenvalue weighted by Crippen LogP contribution is 2.27. The topological polar surface area (TPSA) is 51.2 Å². The van der Waals surface area contributed by atoms with E-state index in [2.05, 4.69) is 10.3 Å². The van der Waals surface area contributed by atoms with Gasteiger partial charge < -0.3 is 10.1 Å². The minimum Gasteiger partial charge on any atom is -0.479 e. The summed E-state index contributed by atoms with van der Waals surface area (Å²) in [7, 11) is 0. The van der Waals surface area contributed by atoms with Crippen molar-refractivity contribution >= 4 is 23.3 Å². The molecule has 1 atom stereocenters. The summed E-state index contributed by atoms with van der Waals surface area (Å²) in [6.45, 7) is 5.72. The summed E-state index contributed by atoms with van der Waals surface area (Å²) in [4.78, 5) is 16.5. The second-order valence-electron chi connectivity index (χ2n) is 5.11. The van der Waals surface area contributed by atoms with Crippen LogP contribution in [0.5, 0.6) is 5.75 Å². The number of carbonyl (C=O) groups is 1. The van der Waals surface area contributed by atoms with Crippen LogP contribution in [-0.2, 0) is 4.79 Å². The lowest BCUT2D eigenvalue weighted by Gasteiger charge is -2.18. The Balaban J connectivity index is 2.12. The Hall–Kier alpha value is -2.07. The van der Waals surface area contributed by atoms with Gasteiger partial charge >= 0.3 is 0 Å². The highest BCUT2D eigenvalue weighted by molar-refractivity contribution is 6.32. The third-order valence-corrected chi connectivity index (χ3v) is 3.58. The molecule has 2 aromatic rings. The van der Waals surface area contributed by atoms with Crippen molar-refractivity contribution in [3.8, 4) is 5.75 Å². The summed E-state index contributed by atoms with van der Waals surface area (Å²) in [5.41, 5.74) is 1.93. The van der Waals surface area contributed by atoms with Crippen LogP contribution in [0.4, 0.5) is 5.82 Å². The number of benzene rings is 1. The summed E-state index contributed by atoms with van der Waals surface area (Å²) >= 11 is 6.12. The maximum Gasteiger partial charge on any atom is 0.266 e. The van der Waals surface area contributed by atoms with Gasteiger partial charge in [-0.25, -0.2) is 4.98 Å². The number of hydrogen-bond donors (Lipinski definition) is 1. The van der Waals surface area contributed by atoms with Gasteiger partial charge in [-0.15, -0.1) is 0 Å². The lowest BCUT2D eigenvalue weighted by atomic mass is 10.2. The number of nitrogens with one attached hydrogen (secondary N) is 1. The number of nitrogens with zero attached hydrogens (tertiary/aromatic N) is 1. The quantitative estimate of drug-likeness (QED) is 0.901. The highest BCUT2D eigenvalue weighted by atomic mass is 35.5. The molecule has 5 heteroatoms. The number of carbonyl (C=O) groups excluding carboxylic acids is 1. The molecule has 1 amide bonds. The predicted octanol–water partition coefficient (Wildman–Crippen LogP) is 4.15. The second-order valence-corrected chi connectivity index (χ2v) is 5.51. The fourth-order valence-corrected chi connectivity index (χ4v) is 2.15. The summed E-state index contributed by atoms with van der Waals surface area (Å²) < 4.78 is 5.78. The minimum absolute atomic E-state index is 0.234. The average molecular weight is 319 g/mol. The molecule has 22 heavy (non-hydrogen) atoms. The van der Waals surface area contributed by atoms with Crippen LogP contribution in [0.25, 0.3) is 0 Å². The van der Waals surface area contributed by atoms with Gasteiger partial charge in [0.2, 0.25) is 0 Å². The van der Waals surface area contributed by atoms with Crippen LogP contribution in [-0.4, -0.2) is 17.0 Å². The Morgan fingerprint density at radius 3 is 2.82 bits per heavy atom. The summed E-state index contributed by atoms with van der Waals surface area (Å²) in [5, 5.41) is 3.29. The van der Waals surface area contributed by atoms with Gasteiger partial charge in [-0.3, -0.25) is 4.79 Å². The highest BCUT2D eigenvalue weighted by Gasteiger charge is 2.20. The number of pyridine rings is 1. The van der Waals surface area contributed by atoms with Gasteiger partial charge in [-0.05, 0) is 49.6 Å². The molecule has 0 fully saturated rings. The molecule has 0 unspecified atom stereocenters. The fraction of sp³-hybridized carbons (Fsp3) is 0.294. The van der Waals surface area contributed by atoms with E-state index in [0.717, 1.165) is 11.1 Å². The molecule has 0 aliphatic rings. The zero-order valence-electron chi connectivity index (χ0n) is 12.9. The van der Waals surface area contributed by atoms with E-state index in [0.29, 0.717) is 23.0 Å². The molecular weight excluding hydrogens is 300 g/mol. The van der Waals surface area contributed by atoms with E-state index < -0.39 is 6.10 Å². The van der Waals surface area contributed by atoms with E-state index in [1.165, 1.54) is 0 Å². The van der Waals surface area contributed by atoms with Gasteiger partial charge in [0.25, 0.3) is 5.91 Å². The standard InChI is InChI=1S/C17H19ClN2O2/c1-4-14(22-15-10-11(2)7-8-13(15)18)17(21)20-16-12(3)6-5-9-19-16/h5-10,14H,4H2,1-3H3,(H,19,20,21)/t14-/m1/s1. The zero-order valence-corrected chi connectivity index (χ0v) is 13.6. The molecule has 1 N–H and O–H groups in total. The Kier molecular flexibility index (Phi) is 5.39. The van der Waals surface area contributed by atoms with E-state index in [9.17, 15) is 4.79 Å². The van der Waals surface area contributed by atoms with Crippen molar-refractivity contribution in [1.29, 1.82) is 0 Å². The van der Waals surface area contributed by atoms with Gasteiger partial charge in [0.15, 0.2) is 6.10 Å². The minimum atomic E-state index is -0.624. The molecule has 0 saturated carbocycles. The second kappa shape index (κ2) is 7.27. The first kappa shape index (κ1) is 16.3. The number of amides is 1. The van der Waals surface area contributed by atoms with Gasteiger partial charge in [-0.1, -0.05) is 30.7 Å². The average Bonchev–Trinajstić information content (AvgIpc) is 2.50. The van der Waals surface area contributed by atoms with Crippen molar-refractivity contribution in [3.05, 3.63) is 52.7 Å². The van der Waals surface area contributed by atoms with Gasteiger partial charge in [-0.2, -0.15) is 0 Å². The summed E-state index contributed by atoms with van der Waals surface area (Å²) in [5.74, 6) is 0.827. The van der Waals surface area contributed by atoms with E-state index in [4.69, 9.17) is 16.3 Å². The lowest BCUT2D eigenvalue weighted by Crippen LogP contribution is -2.33. The first-order valence-corrected chi connectivity index (χ1v) is 7.54. The van der Waals surface area contributed by atoms with Gasteiger partial charge in [0.05, 0.1) is 5.02 Å². The maximum absolute atomic E-state index is 12.4. The Labute approximate surface area is 135 Å².